The molecular weight excluding hydrogens is 174 g/mol. The molecule has 0 spiro atoms. The smallest absolute Gasteiger partial charge is 0.0681 e. The van der Waals surface area contributed by atoms with Gasteiger partial charge in [-0.3, -0.25) is 5.32 Å². The zero-order chi connectivity index (χ0) is 10.4. The van der Waals surface area contributed by atoms with Crippen LogP contribution < -0.4 is 5.32 Å². The largest absolute Gasteiger partial charge is 0.392 e. The van der Waals surface area contributed by atoms with Crippen LogP contribution in [0.3, 0.4) is 0 Å². The molecule has 1 unspecified atom stereocenters. The molecule has 2 nitrogen and oxygen atoms in total. The molecule has 1 rings (SSSR count). The highest BCUT2D eigenvalue weighted by atomic mass is 16.3. The zero-order valence-electron chi connectivity index (χ0n) is 8.33. The summed E-state index contributed by atoms with van der Waals surface area (Å²) in [6.45, 7) is 2.76. The number of terminal acetylenes is 1. The van der Waals surface area contributed by atoms with E-state index < -0.39 is 0 Å². The van der Waals surface area contributed by atoms with Crippen molar-refractivity contribution in [2.75, 3.05) is 0 Å². The molecule has 0 aliphatic rings. The van der Waals surface area contributed by atoms with Crippen LogP contribution in [-0.2, 0) is 13.2 Å². The summed E-state index contributed by atoms with van der Waals surface area (Å²) in [6, 6.07) is 7.89. The number of hydrogen-bond donors (Lipinski definition) is 2. The van der Waals surface area contributed by atoms with Gasteiger partial charge < -0.3 is 5.11 Å². The molecule has 1 atom stereocenters. The summed E-state index contributed by atoms with van der Waals surface area (Å²) in [5.41, 5.74) is 2.07. The normalized spacial score (nSPS) is 12.1. The fraction of sp³-hybridized carbons (Fsp3) is 0.333. The van der Waals surface area contributed by atoms with Crippen LogP contribution in [0.25, 0.3) is 0 Å². The minimum Gasteiger partial charge on any atom is -0.392 e. The van der Waals surface area contributed by atoms with Crippen molar-refractivity contribution >= 4 is 0 Å². The van der Waals surface area contributed by atoms with Gasteiger partial charge in [0.1, 0.15) is 0 Å². The third kappa shape index (κ3) is 3.21. The first kappa shape index (κ1) is 10.8. The van der Waals surface area contributed by atoms with Gasteiger partial charge in [-0.1, -0.05) is 30.2 Å². The van der Waals surface area contributed by atoms with Crippen molar-refractivity contribution in [3.05, 3.63) is 35.4 Å². The predicted octanol–water partition coefficient (Wildman–Crippen LogP) is 1.29. The molecule has 1 aromatic rings. The van der Waals surface area contributed by atoms with Crippen molar-refractivity contribution in [2.45, 2.75) is 26.1 Å². The molecule has 0 saturated heterocycles. The lowest BCUT2D eigenvalue weighted by Gasteiger charge is -2.08. The molecule has 0 aromatic heterocycles. The Hall–Kier alpha value is -1.30. The number of aliphatic hydroxyl groups is 1. The van der Waals surface area contributed by atoms with Gasteiger partial charge >= 0.3 is 0 Å². The third-order valence-electron chi connectivity index (χ3n) is 2.04. The summed E-state index contributed by atoms with van der Waals surface area (Å²) in [6.07, 6.45) is 5.24. The molecule has 0 saturated carbocycles. The van der Waals surface area contributed by atoms with E-state index in [1.807, 2.05) is 31.2 Å². The zero-order valence-corrected chi connectivity index (χ0v) is 8.33. The van der Waals surface area contributed by atoms with Gasteiger partial charge in [0.25, 0.3) is 0 Å². The molecule has 14 heavy (non-hydrogen) atoms. The van der Waals surface area contributed by atoms with Crippen LogP contribution in [0.15, 0.2) is 24.3 Å². The molecule has 0 fully saturated rings. The van der Waals surface area contributed by atoms with E-state index in [1.165, 1.54) is 0 Å². The molecule has 1 aromatic carbocycles. The molecule has 2 heteroatoms. The molecule has 74 valence electrons. The SMILES string of the molecule is C#CC(C)NCc1cccc(CO)c1. The van der Waals surface area contributed by atoms with Crippen LogP contribution in [0.4, 0.5) is 0 Å². The van der Waals surface area contributed by atoms with Crippen LogP contribution >= 0.6 is 0 Å². The lowest BCUT2D eigenvalue weighted by Crippen LogP contribution is -2.23. The Morgan fingerprint density at radius 2 is 2.21 bits per heavy atom. The van der Waals surface area contributed by atoms with Gasteiger partial charge in [-0.05, 0) is 18.1 Å². The van der Waals surface area contributed by atoms with Crippen molar-refractivity contribution in [3.63, 3.8) is 0 Å². The van der Waals surface area contributed by atoms with E-state index in [1.54, 1.807) is 0 Å². The first-order valence-corrected chi connectivity index (χ1v) is 4.64. The van der Waals surface area contributed by atoms with Crippen LogP contribution in [-0.4, -0.2) is 11.1 Å². The monoisotopic (exact) mass is 189 g/mol. The van der Waals surface area contributed by atoms with E-state index in [0.717, 1.165) is 17.7 Å². The minimum absolute atomic E-state index is 0.0767. The number of nitrogens with one attached hydrogen (secondary N) is 1. The van der Waals surface area contributed by atoms with Crippen molar-refractivity contribution in [2.24, 2.45) is 0 Å². The molecular formula is C12H15NO. The second kappa shape index (κ2) is 5.43. The van der Waals surface area contributed by atoms with Gasteiger partial charge in [-0.15, -0.1) is 6.42 Å². The highest BCUT2D eigenvalue weighted by Crippen LogP contribution is 2.04. The minimum atomic E-state index is 0.0767. The summed E-state index contributed by atoms with van der Waals surface area (Å²) in [7, 11) is 0. The van der Waals surface area contributed by atoms with Gasteiger partial charge in [0.2, 0.25) is 0 Å². The van der Waals surface area contributed by atoms with Gasteiger partial charge in [-0.2, -0.15) is 0 Å². The molecule has 0 heterocycles. The quantitative estimate of drug-likeness (QED) is 0.699. The first-order chi connectivity index (χ1) is 6.76. The van der Waals surface area contributed by atoms with E-state index in [-0.39, 0.29) is 12.6 Å². The predicted molar refractivity (Wildman–Crippen MR) is 57.5 cm³/mol. The van der Waals surface area contributed by atoms with E-state index in [2.05, 4.69) is 11.2 Å². The lowest BCUT2D eigenvalue weighted by atomic mass is 10.1. The first-order valence-electron chi connectivity index (χ1n) is 4.64. The Kier molecular flexibility index (Phi) is 4.18. The van der Waals surface area contributed by atoms with E-state index >= 15 is 0 Å². The van der Waals surface area contributed by atoms with E-state index in [0.29, 0.717) is 0 Å². The van der Waals surface area contributed by atoms with Crippen LogP contribution in [0, 0.1) is 12.3 Å². The van der Waals surface area contributed by atoms with Crippen molar-refractivity contribution in [1.29, 1.82) is 0 Å². The molecule has 0 aliphatic heterocycles. The highest BCUT2D eigenvalue weighted by molar-refractivity contribution is 5.22. The number of hydrogen-bond acceptors (Lipinski definition) is 2. The van der Waals surface area contributed by atoms with Crippen molar-refractivity contribution in [1.82, 2.24) is 5.32 Å². The van der Waals surface area contributed by atoms with Crippen LogP contribution in [0.2, 0.25) is 0 Å². The Labute approximate surface area is 85.0 Å². The fourth-order valence-electron chi connectivity index (χ4n) is 1.17. The van der Waals surface area contributed by atoms with Gasteiger partial charge in [0.15, 0.2) is 0 Å². The van der Waals surface area contributed by atoms with Gasteiger partial charge in [-0.25, -0.2) is 0 Å². The number of benzene rings is 1. The van der Waals surface area contributed by atoms with Gasteiger partial charge in [0.05, 0.1) is 12.6 Å². The Bertz CT molecular complexity index is 327. The van der Waals surface area contributed by atoms with E-state index in [9.17, 15) is 0 Å². The van der Waals surface area contributed by atoms with E-state index in [4.69, 9.17) is 11.5 Å². The van der Waals surface area contributed by atoms with Crippen LogP contribution in [0.1, 0.15) is 18.1 Å². The highest BCUT2D eigenvalue weighted by Gasteiger charge is 1.97. The second-order valence-electron chi connectivity index (χ2n) is 3.25. The molecule has 2 N–H and O–H groups in total. The van der Waals surface area contributed by atoms with Crippen molar-refractivity contribution < 1.29 is 5.11 Å². The standard InChI is InChI=1S/C12H15NO/c1-3-10(2)13-8-11-5-4-6-12(7-11)9-14/h1,4-7,10,13-14H,8-9H2,2H3. The number of rotatable bonds is 4. The Morgan fingerprint density at radius 3 is 2.86 bits per heavy atom. The maximum Gasteiger partial charge on any atom is 0.0681 e. The molecule has 0 radical (unpaired) electrons. The maximum absolute atomic E-state index is 8.93. The maximum atomic E-state index is 8.93. The molecule has 0 bridgehead atoms. The summed E-state index contributed by atoms with van der Waals surface area (Å²) in [4.78, 5) is 0. The van der Waals surface area contributed by atoms with Crippen molar-refractivity contribution in [3.8, 4) is 12.3 Å². The second-order valence-corrected chi connectivity index (χ2v) is 3.25. The summed E-state index contributed by atoms with van der Waals surface area (Å²) < 4.78 is 0. The lowest BCUT2D eigenvalue weighted by molar-refractivity contribution is 0.281. The molecule has 0 aliphatic carbocycles. The summed E-state index contributed by atoms with van der Waals surface area (Å²) >= 11 is 0. The third-order valence-corrected chi connectivity index (χ3v) is 2.04. The Balaban J connectivity index is 2.55. The molecule has 0 amide bonds. The fourth-order valence-corrected chi connectivity index (χ4v) is 1.17. The average Bonchev–Trinajstić information content (AvgIpc) is 2.26. The Morgan fingerprint density at radius 1 is 1.50 bits per heavy atom. The van der Waals surface area contributed by atoms with Crippen LogP contribution in [0.5, 0.6) is 0 Å². The van der Waals surface area contributed by atoms with Gasteiger partial charge in [0, 0.05) is 6.54 Å². The topological polar surface area (TPSA) is 32.3 Å². The average molecular weight is 189 g/mol. The summed E-state index contributed by atoms with van der Waals surface area (Å²) in [5.74, 6) is 2.60. The number of aliphatic hydroxyl groups excluding tert-OH is 1. The summed E-state index contributed by atoms with van der Waals surface area (Å²) in [5, 5.41) is 12.1.